The van der Waals surface area contributed by atoms with E-state index in [0.29, 0.717) is 29.4 Å². The van der Waals surface area contributed by atoms with Crippen LogP contribution in [0.4, 0.5) is 26.2 Å². The maximum absolute atomic E-state index is 13.0. The second kappa shape index (κ2) is 7.88. The summed E-state index contributed by atoms with van der Waals surface area (Å²) in [5, 5.41) is 5.38. The minimum absolute atomic E-state index is 0.0130. The first-order valence-electron chi connectivity index (χ1n) is 9.22. The summed E-state index contributed by atoms with van der Waals surface area (Å²) in [5.74, 6) is 0.221. The summed E-state index contributed by atoms with van der Waals surface area (Å²) >= 11 is 0. The molecule has 0 saturated carbocycles. The van der Waals surface area contributed by atoms with Gasteiger partial charge in [-0.2, -0.15) is 0 Å². The number of nitrogens with zero attached hydrogens (tertiary/aromatic N) is 1. The Labute approximate surface area is 163 Å². The average Bonchev–Trinajstić information content (AvgIpc) is 2.74. The van der Waals surface area contributed by atoms with E-state index >= 15 is 0 Å². The van der Waals surface area contributed by atoms with Crippen molar-refractivity contribution in [2.75, 3.05) is 28.7 Å². The minimum Gasteiger partial charge on any atom is -0.490 e. The number of carbonyl (C=O) groups excluding carboxylic acids is 2. The number of fused-ring (bicyclic) bond motifs is 1. The summed E-state index contributed by atoms with van der Waals surface area (Å²) in [5.41, 5.74) is 0.996. The highest BCUT2D eigenvalue weighted by Gasteiger charge is 2.37. The van der Waals surface area contributed by atoms with Gasteiger partial charge < -0.3 is 20.3 Å². The van der Waals surface area contributed by atoms with E-state index in [9.17, 15) is 14.0 Å². The summed E-state index contributed by atoms with van der Waals surface area (Å²) in [6.45, 7) is 6.57. The zero-order valence-corrected chi connectivity index (χ0v) is 16.2. The van der Waals surface area contributed by atoms with Gasteiger partial charge in [-0.25, -0.2) is 9.18 Å². The molecule has 3 amide bonds. The van der Waals surface area contributed by atoms with Crippen molar-refractivity contribution in [2.24, 2.45) is 5.41 Å². The zero-order valence-electron chi connectivity index (χ0n) is 16.2. The molecule has 7 heteroatoms. The van der Waals surface area contributed by atoms with Gasteiger partial charge in [0.1, 0.15) is 18.2 Å². The largest absolute Gasteiger partial charge is 0.490 e. The molecule has 1 heterocycles. The van der Waals surface area contributed by atoms with E-state index in [1.807, 2.05) is 20.8 Å². The fraction of sp³-hybridized carbons (Fsp3) is 0.333. The second-order valence-electron chi connectivity index (χ2n) is 7.40. The predicted molar refractivity (Wildman–Crippen MR) is 107 cm³/mol. The quantitative estimate of drug-likeness (QED) is 0.806. The molecule has 0 saturated heterocycles. The maximum Gasteiger partial charge on any atom is 0.323 e. The maximum atomic E-state index is 13.0. The van der Waals surface area contributed by atoms with Gasteiger partial charge >= 0.3 is 6.03 Å². The van der Waals surface area contributed by atoms with Crippen molar-refractivity contribution in [3.05, 3.63) is 48.3 Å². The molecule has 0 spiro atoms. The lowest BCUT2D eigenvalue weighted by atomic mass is 9.93. The molecule has 1 aliphatic heterocycles. The fourth-order valence-corrected chi connectivity index (χ4v) is 3.00. The Hall–Kier alpha value is -3.09. The van der Waals surface area contributed by atoms with Crippen LogP contribution in [0.5, 0.6) is 5.75 Å². The van der Waals surface area contributed by atoms with Crippen molar-refractivity contribution in [3.8, 4) is 5.75 Å². The van der Waals surface area contributed by atoms with Gasteiger partial charge in [0.15, 0.2) is 0 Å². The Morgan fingerprint density at radius 3 is 2.46 bits per heavy atom. The van der Waals surface area contributed by atoms with E-state index < -0.39 is 11.4 Å². The standard InChI is InChI=1S/C21H24FN3O3/c1-4-11-25-17-12-16(9-10-18(17)28-13-21(2,3)19(25)26)24-20(27)23-15-7-5-14(22)6-8-15/h5-10,12H,4,11,13H2,1-3H3,(H2,23,24,27). The van der Waals surface area contributed by atoms with Crippen LogP contribution >= 0.6 is 0 Å². The molecule has 28 heavy (non-hydrogen) atoms. The summed E-state index contributed by atoms with van der Waals surface area (Å²) < 4.78 is 18.8. The van der Waals surface area contributed by atoms with E-state index in [0.717, 1.165) is 6.42 Å². The molecule has 6 nitrogen and oxygen atoms in total. The second-order valence-corrected chi connectivity index (χ2v) is 7.40. The first-order chi connectivity index (χ1) is 13.3. The van der Waals surface area contributed by atoms with Gasteiger partial charge in [-0.1, -0.05) is 6.92 Å². The van der Waals surface area contributed by atoms with Gasteiger partial charge in [0.2, 0.25) is 5.91 Å². The third-order valence-corrected chi connectivity index (χ3v) is 4.47. The van der Waals surface area contributed by atoms with E-state index in [1.165, 1.54) is 24.3 Å². The van der Waals surface area contributed by atoms with Crippen LogP contribution in [-0.4, -0.2) is 25.1 Å². The smallest absolute Gasteiger partial charge is 0.323 e. The van der Waals surface area contributed by atoms with Crippen LogP contribution in [0.15, 0.2) is 42.5 Å². The molecule has 0 fully saturated rings. The number of carbonyl (C=O) groups is 2. The average molecular weight is 385 g/mol. The van der Waals surface area contributed by atoms with E-state index in [2.05, 4.69) is 10.6 Å². The summed E-state index contributed by atoms with van der Waals surface area (Å²) in [7, 11) is 0. The highest BCUT2D eigenvalue weighted by Crippen LogP contribution is 2.38. The lowest BCUT2D eigenvalue weighted by Gasteiger charge is -2.27. The Morgan fingerprint density at radius 2 is 1.79 bits per heavy atom. The molecule has 2 aromatic rings. The lowest BCUT2D eigenvalue weighted by Crippen LogP contribution is -2.42. The first-order valence-corrected chi connectivity index (χ1v) is 9.22. The molecule has 0 aromatic heterocycles. The van der Waals surface area contributed by atoms with Crippen LogP contribution in [0.3, 0.4) is 0 Å². The van der Waals surface area contributed by atoms with Gasteiger partial charge in [-0.3, -0.25) is 4.79 Å². The number of hydrogen-bond donors (Lipinski definition) is 2. The molecule has 148 valence electrons. The van der Waals surface area contributed by atoms with Crippen LogP contribution in [0.1, 0.15) is 27.2 Å². The lowest BCUT2D eigenvalue weighted by molar-refractivity contribution is -0.127. The van der Waals surface area contributed by atoms with Gasteiger partial charge in [0, 0.05) is 17.9 Å². The molecule has 2 N–H and O–H groups in total. The predicted octanol–water partition coefficient (Wildman–Crippen LogP) is 4.63. The molecule has 0 unspecified atom stereocenters. The van der Waals surface area contributed by atoms with Crippen LogP contribution in [0, 0.1) is 11.2 Å². The van der Waals surface area contributed by atoms with Crippen molar-refractivity contribution in [1.82, 2.24) is 0 Å². The van der Waals surface area contributed by atoms with E-state index in [1.54, 1.807) is 23.1 Å². The number of rotatable bonds is 4. The molecule has 2 aromatic carbocycles. The van der Waals surface area contributed by atoms with Crippen LogP contribution in [0.25, 0.3) is 0 Å². The normalized spacial score (nSPS) is 15.3. The van der Waals surface area contributed by atoms with Gasteiger partial charge in [-0.15, -0.1) is 0 Å². The number of nitrogens with one attached hydrogen (secondary N) is 2. The Bertz CT molecular complexity index is 881. The molecule has 0 aliphatic carbocycles. The number of benzene rings is 2. The monoisotopic (exact) mass is 385 g/mol. The number of amides is 3. The third-order valence-electron chi connectivity index (χ3n) is 4.47. The third kappa shape index (κ3) is 4.24. The molecule has 3 rings (SSSR count). The molecule has 1 aliphatic rings. The van der Waals surface area contributed by atoms with Crippen molar-refractivity contribution in [2.45, 2.75) is 27.2 Å². The number of halogens is 1. The van der Waals surface area contributed by atoms with Gasteiger partial charge in [-0.05, 0) is 62.7 Å². The SMILES string of the molecule is CCCN1C(=O)C(C)(C)COc2ccc(NC(=O)Nc3ccc(F)cc3)cc21. The summed E-state index contributed by atoms with van der Waals surface area (Å²) in [4.78, 5) is 26.9. The van der Waals surface area contributed by atoms with Crippen LogP contribution in [0.2, 0.25) is 0 Å². The zero-order chi connectivity index (χ0) is 20.3. The topological polar surface area (TPSA) is 70.7 Å². The molecular formula is C21H24FN3O3. The highest BCUT2D eigenvalue weighted by atomic mass is 19.1. The minimum atomic E-state index is -0.637. The molecule has 0 bridgehead atoms. The van der Waals surface area contributed by atoms with E-state index in [-0.39, 0.29) is 18.3 Å². The summed E-state index contributed by atoms with van der Waals surface area (Å²) in [6.07, 6.45) is 0.796. The molecule has 0 atom stereocenters. The molecule has 0 radical (unpaired) electrons. The molecular weight excluding hydrogens is 361 g/mol. The Balaban J connectivity index is 1.81. The fourth-order valence-electron chi connectivity index (χ4n) is 3.00. The summed E-state index contributed by atoms with van der Waals surface area (Å²) in [6, 6.07) is 10.2. The number of anilines is 3. The van der Waals surface area contributed by atoms with Gasteiger partial charge in [0.25, 0.3) is 0 Å². The van der Waals surface area contributed by atoms with Crippen molar-refractivity contribution >= 4 is 29.0 Å². The highest BCUT2D eigenvalue weighted by molar-refractivity contribution is 6.02. The van der Waals surface area contributed by atoms with Crippen LogP contribution < -0.4 is 20.3 Å². The van der Waals surface area contributed by atoms with Gasteiger partial charge in [0.05, 0.1) is 11.1 Å². The van der Waals surface area contributed by atoms with E-state index in [4.69, 9.17) is 4.74 Å². The number of hydrogen-bond acceptors (Lipinski definition) is 3. The van der Waals surface area contributed by atoms with Crippen LogP contribution in [-0.2, 0) is 4.79 Å². The number of ether oxygens (including phenoxy) is 1. The van der Waals surface area contributed by atoms with Crippen molar-refractivity contribution in [1.29, 1.82) is 0 Å². The van der Waals surface area contributed by atoms with Crippen molar-refractivity contribution in [3.63, 3.8) is 0 Å². The Kier molecular flexibility index (Phi) is 5.53. The van der Waals surface area contributed by atoms with Crippen molar-refractivity contribution < 1.29 is 18.7 Å². The number of urea groups is 1. The Morgan fingerprint density at radius 1 is 1.14 bits per heavy atom. The first kappa shape index (κ1) is 19.7.